The van der Waals surface area contributed by atoms with Gasteiger partial charge in [-0.25, -0.2) is 9.98 Å². The molecule has 0 saturated heterocycles. The fourth-order valence-corrected chi connectivity index (χ4v) is 3.42. The minimum atomic E-state index is 0. The lowest BCUT2D eigenvalue weighted by molar-refractivity contribution is 0.412. The van der Waals surface area contributed by atoms with Crippen LogP contribution in [0.5, 0.6) is 17.4 Å². The Morgan fingerprint density at radius 1 is 1.03 bits per heavy atom. The van der Waals surface area contributed by atoms with Gasteiger partial charge < -0.3 is 20.1 Å². The molecule has 0 radical (unpaired) electrons. The largest absolute Gasteiger partial charge is 0.497 e. The maximum Gasteiger partial charge on any atom is 0.219 e. The highest BCUT2D eigenvalue weighted by Gasteiger charge is 2.03. The van der Waals surface area contributed by atoms with E-state index in [0.29, 0.717) is 18.2 Å². The van der Waals surface area contributed by atoms with Crippen molar-refractivity contribution in [3.63, 3.8) is 0 Å². The smallest absolute Gasteiger partial charge is 0.219 e. The van der Waals surface area contributed by atoms with Gasteiger partial charge in [0.2, 0.25) is 5.88 Å². The molecule has 0 aliphatic heterocycles. The fraction of sp³-hybridized carbons (Fsp3) is 0.273. The Hall–Kier alpha value is -2.33. The maximum absolute atomic E-state index is 5.76. The highest BCUT2D eigenvalue weighted by atomic mass is 127. The van der Waals surface area contributed by atoms with E-state index in [0.717, 1.165) is 30.4 Å². The molecule has 0 atom stereocenters. The highest BCUT2D eigenvalue weighted by Crippen LogP contribution is 2.22. The van der Waals surface area contributed by atoms with Gasteiger partial charge in [0.05, 0.1) is 20.2 Å². The van der Waals surface area contributed by atoms with E-state index in [1.165, 1.54) is 9.75 Å². The van der Waals surface area contributed by atoms with Crippen LogP contribution in [0.25, 0.3) is 0 Å². The zero-order valence-electron chi connectivity index (χ0n) is 17.3. The van der Waals surface area contributed by atoms with Crippen molar-refractivity contribution < 1.29 is 9.47 Å². The number of nitrogens with one attached hydrogen (secondary N) is 2. The Morgan fingerprint density at radius 3 is 2.40 bits per heavy atom. The summed E-state index contributed by atoms with van der Waals surface area (Å²) in [7, 11) is 1.64. The summed E-state index contributed by atoms with van der Waals surface area (Å²) >= 11 is 1.79. The lowest BCUT2D eigenvalue weighted by Crippen LogP contribution is -2.36. The molecule has 0 bridgehead atoms. The number of halogens is 1. The number of nitrogens with zero attached hydrogens (tertiary/aromatic N) is 2. The molecule has 0 saturated carbocycles. The Kier molecular flexibility index (Phi) is 9.88. The van der Waals surface area contributed by atoms with Crippen LogP contribution >= 0.6 is 35.3 Å². The number of aromatic nitrogens is 1. The molecule has 0 fully saturated rings. The minimum Gasteiger partial charge on any atom is -0.497 e. The van der Waals surface area contributed by atoms with Crippen LogP contribution in [0, 0.1) is 6.92 Å². The van der Waals surface area contributed by atoms with Crippen molar-refractivity contribution in [3.8, 4) is 17.4 Å². The highest BCUT2D eigenvalue weighted by molar-refractivity contribution is 14.0. The quantitative estimate of drug-likeness (QED) is 0.237. The van der Waals surface area contributed by atoms with Crippen LogP contribution in [0.3, 0.4) is 0 Å². The molecule has 0 aliphatic rings. The van der Waals surface area contributed by atoms with E-state index in [4.69, 9.17) is 9.47 Å². The van der Waals surface area contributed by atoms with Crippen LogP contribution in [-0.4, -0.2) is 24.6 Å². The van der Waals surface area contributed by atoms with Gasteiger partial charge in [0.15, 0.2) is 5.96 Å². The number of pyridine rings is 1. The van der Waals surface area contributed by atoms with E-state index in [1.54, 1.807) is 24.6 Å². The number of benzene rings is 1. The number of hydrogen-bond acceptors (Lipinski definition) is 5. The van der Waals surface area contributed by atoms with Gasteiger partial charge in [-0.2, -0.15) is 0 Å². The number of aryl methyl sites for hydroxylation is 1. The monoisotopic (exact) mass is 538 g/mol. The van der Waals surface area contributed by atoms with Crippen molar-refractivity contribution in [2.75, 3.05) is 13.7 Å². The van der Waals surface area contributed by atoms with Gasteiger partial charge in [-0.15, -0.1) is 35.3 Å². The zero-order valence-corrected chi connectivity index (χ0v) is 20.5. The van der Waals surface area contributed by atoms with Gasteiger partial charge in [0.25, 0.3) is 0 Å². The van der Waals surface area contributed by atoms with Gasteiger partial charge in [-0.1, -0.05) is 6.07 Å². The maximum atomic E-state index is 5.76. The second-order valence-corrected chi connectivity index (χ2v) is 7.72. The molecule has 3 aromatic rings. The van der Waals surface area contributed by atoms with Crippen LogP contribution < -0.4 is 20.1 Å². The molecule has 0 amide bonds. The van der Waals surface area contributed by atoms with E-state index in [9.17, 15) is 0 Å². The van der Waals surface area contributed by atoms with Crippen LogP contribution in [-0.2, 0) is 13.1 Å². The first-order valence-electron chi connectivity index (χ1n) is 9.50. The summed E-state index contributed by atoms with van der Waals surface area (Å²) in [6, 6.07) is 15.5. The second kappa shape index (κ2) is 12.4. The number of guanidine groups is 1. The molecule has 8 heteroatoms. The number of aliphatic imine (C=N–C) groups is 1. The van der Waals surface area contributed by atoms with E-state index < -0.39 is 0 Å². The summed E-state index contributed by atoms with van der Waals surface area (Å²) in [6.07, 6.45) is 1.79. The molecule has 1 aromatic carbocycles. The van der Waals surface area contributed by atoms with Crippen LogP contribution in [0.1, 0.15) is 22.2 Å². The lowest BCUT2D eigenvalue weighted by Gasteiger charge is -2.10. The standard InChI is InChI=1S/C22H26N4O2S.HI/c1-4-23-22(26-15-20-11-5-16(2)29-20)25-14-17-6-12-21(24-13-17)28-19-9-7-18(27-3)8-10-19;/h5-13H,4,14-15H2,1-3H3,(H2,23,25,26);1H. The third-order valence-electron chi connectivity index (χ3n) is 4.07. The Labute approximate surface area is 198 Å². The first kappa shape index (κ1) is 23.9. The number of thiophene rings is 1. The first-order chi connectivity index (χ1) is 14.2. The molecule has 2 N–H and O–H groups in total. The van der Waals surface area contributed by atoms with Gasteiger partial charge in [-0.3, -0.25) is 0 Å². The van der Waals surface area contributed by atoms with Crippen molar-refractivity contribution in [2.45, 2.75) is 26.9 Å². The number of hydrogen-bond donors (Lipinski definition) is 2. The Bertz CT molecular complexity index is 927. The first-order valence-corrected chi connectivity index (χ1v) is 10.3. The number of ether oxygens (including phenoxy) is 2. The van der Waals surface area contributed by atoms with Crippen molar-refractivity contribution in [1.29, 1.82) is 0 Å². The van der Waals surface area contributed by atoms with E-state index in [2.05, 4.69) is 46.6 Å². The predicted molar refractivity (Wildman–Crippen MR) is 133 cm³/mol. The molecule has 6 nitrogen and oxygen atoms in total. The topological polar surface area (TPSA) is 67.8 Å². The molecule has 30 heavy (non-hydrogen) atoms. The summed E-state index contributed by atoms with van der Waals surface area (Å²) in [5, 5.41) is 6.64. The van der Waals surface area contributed by atoms with Gasteiger partial charge >= 0.3 is 0 Å². The van der Waals surface area contributed by atoms with Crippen LogP contribution in [0.2, 0.25) is 0 Å². The van der Waals surface area contributed by atoms with Gasteiger partial charge in [0.1, 0.15) is 11.5 Å². The molecule has 160 valence electrons. The molecular weight excluding hydrogens is 511 g/mol. The van der Waals surface area contributed by atoms with Crippen molar-refractivity contribution in [3.05, 3.63) is 70.0 Å². The normalized spacial score (nSPS) is 10.8. The minimum absolute atomic E-state index is 0. The molecule has 0 spiro atoms. The van der Waals surface area contributed by atoms with Crippen LogP contribution in [0.4, 0.5) is 0 Å². The lowest BCUT2D eigenvalue weighted by atomic mass is 10.3. The average molecular weight is 538 g/mol. The van der Waals surface area contributed by atoms with E-state index in [-0.39, 0.29) is 24.0 Å². The third-order valence-corrected chi connectivity index (χ3v) is 5.07. The zero-order chi connectivity index (χ0) is 20.5. The summed E-state index contributed by atoms with van der Waals surface area (Å²) in [4.78, 5) is 11.6. The molecule has 0 aliphatic carbocycles. The number of methoxy groups -OCH3 is 1. The van der Waals surface area contributed by atoms with Gasteiger partial charge in [-0.05, 0) is 55.8 Å². The third kappa shape index (κ3) is 7.49. The summed E-state index contributed by atoms with van der Waals surface area (Å²) in [6.45, 7) is 6.27. The Morgan fingerprint density at radius 2 is 1.80 bits per heavy atom. The van der Waals surface area contributed by atoms with E-state index in [1.807, 2.05) is 36.4 Å². The van der Waals surface area contributed by atoms with E-state index >= 15 is 0 Å². The van der Waals surface area contributed by atoms with Crippen molar-refractivity contribution in [1.82, 2.24) is 15.6 Å². The summed E-state index contributed by atoms with van der Waals surface area (Å²) < 4.78 is 10.9. The molecule has 2 aromatic heterocycles. The predicted octanol–water partition coefficient (Wildman–Crippen LogP) is 5.13. The Balaban J connectivity index is 0.00000320. The molecule has 3 rings (SSSR count). The summed E-state index contributed by atoms with van der Waals surface area (Å²) in [5.74, 6) is 2.84. The summed E-state index contributed by atoms with van der Waals surface area (Å²) in [5.41, 5.74) is 1.01. The molecular formula is C22H27IN4O2S. The second-order valence-electron chi connectivity index (χ2n) is 6.34. The average Bonchev–Trinajstić information content (AvgIpc) is 3.17. The molecule has 2 heterocycles. The van der Waals surface area contributed by atoms with Crippen LogP contribution in [0.15, 0.2) is 59.7 Å². The van der Waals surface area contributed by atoms with Crippen molar-refractivity contribution >= 4 is 41.3 Å². The SMILES string of the molecule is CCNC(=NCc1ccc(Oc2ccc(OC)cc2)nc1)NCc1ccc(C)s1.I. The molecule has 0 unspecified atom stereocenters. The number of rotatable bonds is 8. The fourth-order valence-electron chi connectivity index (χ4n) is 2.59. The van der Waals surface area contributed by atoms with Crippen molar-refractivity contribution in [2.24, 2.45) is 4.99 Å². The van der Waals surface area contributed by atoms with Gasteiger partial charge in [0, 0.05) is 28.6 Å².